The molecule has 0 aromatic rings. The lowest BCUT2D eigenvalue weighted by Gasteiger charge is -2.13. The molecule has 0 saturated carbocycles. The molecule has 0 aromatic carbocycles. The summed E-state index contributed by atoms with van der Waals surface area (Å²) in [6, 6.07) is -1.92. The van der Waals surface area contributed by atoms with Crippen molar-refractivity contribution in [3.05, 3.63) is 0 Å². The van der Waals surface area contributed by atoms with Crippen molar-refractivity contribution in [2.75, 3.05) is 5.75 Å². The Labute approximate surface area is 97.4 Å². The van der Waals surface area contributed by atoms with Crippen molar-refractivity contribution in [1.29, 1.82) is 0 Å². The Hall–Kier alpha value is -1.28. The van der Waals surface area contributed by atoms with Crippen LogP contribution in [0.5, 0.6) is 0 Å². The molecule has 0 bridgehead atoms. The minimum Gasteiger partial charge on any atom is -0.481 e. The minimum absolute atomic E-state index is 0.0464. The Morgan fingerprint density at radius 3 is 2.19 bits per heavy atom. The summed E-state index contributed by atoms with van der Waals surface area (Å²) < 4.78 is 0. The van der Waals surface area contributed by atoms with Crippen LogP contribution in [0.1, 0.15) is 12.8 Å². The molecule has 8 heteroatoms. The van der Waals surface area contributed by atoms with E-state index in [2.05, 4.69) is 17.9 Å². The van der Waals surface area contributed by atoms with E-state index >= 15 is 0 Å². The molecule has 0 rings (SSSR count). The van der Waals surface area contributed by atoms with Crippen LogP contribution in [0.4, 0.5) is 0 Å². The van der Waals surface area contributed by atoms with Crippen molar-refractivity contribution < 1.29 is 24.6 Å². The predicted molar refractivity (Wildman–Crippen MR) is 58.3 cm³/mol. The van der Waals surface area contributed by atoms with E-state index in [1.165, 1.54) is 0 Å². The van der Waals surface area contributed by atoms with Crippen molar-refractivity contribution >= 4 is 30.5 Å². The third-order valence-corrected chi connectivity index (χ3v) is 2.07. The molecule has 92 valence electrons. The van der Waals surface area contributed by atoms with Gasteiger partial charge in [0.25, 0.3) is 0 Å². The van der Waals surface area contributed by atoms with Gasteiger partial charge in [-0.3, -0.25) is 9.59 Å². The molecule has 0 fully saturated rings. The summed E-state index contributed by atoms with van der Waals surface area (Å²) in [6.07, 6.45) is -0.574. The number of hydrogen-bond donors (Lipinski definition) is 5. The van der Waals surface area contributed by atoms with Gasteiger partial charge in [-0.05, 0) is 0 Å². The van der Waals surface area contributed by atoms with Crippen LogP contribution in [-0.4, -0.2) is 45.9 Å². The molecule has 7 nitrogen and oxygen atoms in total. The largest absolute Gasteiger partial charge is 0.481 e. The summed E-state index contributed by atoms with van der Waals surface area (Å²) in [5.41, 5.74) is 5.36. The normalized spacial score (nSPS) is 13.9. The molecule has 2 atom stereocenters. The highest BCUT2D eigenvalue weighted by molar-refractivity contribution is 7.80. The van der Waals surface area contributed by atoms with Crippen LogP contribution in [0, 0.1) is 0 Å². The Bertz CT molecular complexity index is 284. The van der Waals surface area contributed by atoms with Crippen molar-refractivity contribution in [3.8, 4) is 0 Å². The average molecular weight is 250 g/mol. The fraction of sp³-hybridized carbons (Fsp3) is 0.625. The van der Waals surface area contributed by atoms with Crippen molar-refractivity contribution in [3.63, 3.8) is 0 Å². The molecule has 0 unspecified atom stereocenters. The second-order valence-corrected chi connectivity index (χ2v) is 3.57. The Morgan fingerprint density at radius 2 is 1.81 bits per heavy atom. The maximum Gasteiger partial charge on any atom is 0.327 e. The zero-order chi connectivity index (χ0) is 12.7. The Kier molecular flexibility index (Phi) is 6.50. The maximum absolute atomic E-state index is 11.2. The number of aliphatic carboxylic acids is 2. The first-order valence-corrected chi connectivity index (χ1v) is 5.10. The summed E-state index contributed by atoms with van der Waals surface area (Å²) in [5, 5.41) is 19.2. The zero-order valence-electron chi connectivity index (χ0n) is 8.42. The van der Waals surface area contributed by atoms with Gasteiger partial charge in [0.15, 0.2) is 0 Å². The van der Waals surface area contributed by atoms with Crippen LogP contribution < -0.4 is 11.1 Å². The highest BCUT2D eigenvalue weighted by atomic mass is 32.1. The van der Waals surface area contributed by atoms with Crippen molar-refractivity contribution in [1.82, 2.24) is 5.32 Å². The molecule has 16 heavy (non-hydrogen) atoms. The summed E-state index contributed by atoms with van der Waals surface area (Å²) in [5.74, 6) is -2.95. The summed E-state index contributed by atoms with van der Waals surface area (Å²) >= 11 is 3.75. The van der Waals surface area contributed by atoms with Crippen molar-refractivity contribution in [2.24, 2.45) is 5.73 Å². The van der Waals surface area contributed by atoms with E-state index in [-0.39, 0.29) is 18.6 Å². The summed E-state index contributed by atoms with van der Waals surface area (Å²) in [4.78, 5) is 32.0. The lowest BCUT2D eigenvalue weighted by molar-refractivity contribution is -0.141. The highest BCUT2D eigenvalue weighted by Crippen LogP contribution is 1.96. The monoisotopic (exact) mass is 250 g/mol. The summed E-state index contributed by atoms with van der Waals surface area (Å²) in [7, 11) is 0. The minimum atomic E-state index is -1.20. The smallest absolute Gasteiger partial charge is 0.327 e. The van der Waals surface area contributed by atoms with Gasteiger partial charge >= 0.3 is 11.9 Å². The van der Waals surface area contributed by atoms with Gasteiger partial charge < -0.3 is 21.3 Å². The topological polar surface area (TPSA) is 130 Å². The first-order valence-electron chi connectivity index (χ1n) is 4.47. The molecule has 0 aliphatic rings. The molecule has 0 aromatic heterocycles. The molecule has 0 aliphatic heterocycles. The molecule has 1 amide bonds. The molecule has 0 aliphatic carbocycles. The number of nitrogens with two attached hydrogens (primary N) is 1. The lowest BCUT2D eigenvalue weighted by atomic mass is 10.1. The van der Waals surface area contributed by atoms with Gasteiger partial charge in [-0.15, -0.1) is 0 Å². The van der Waals surface area contributed by atoms with E-state index in [9.17, 15) is 14.4 Å². The number of nitrogens with one attached hydrogen (secondary N) is 1. The van der Waals surface area contributed by atoms with Gasteiger partial charge in [0.05, 0.1) is 6.42 Å². The number of rotatable bonds is 7. The number of hydrogen-bond acceptors (Lipinski definition) is 5. The Morgan fingerprint density at radius 1 is 1.25 bits per heavy atom. The van der Waals surface area contributed by atoms with E-state index in [4.69, 9.17) is 15.9 Å². The molecule has 0 radical (unpaired) electrons. The number of thiol groups is 1. The number of carbonyl (C=O) groups excluding carboxylic acids is 1. The van der Waals surface area contributed by atoms with Gasteiger partial charge in [0.1, 0.15) is 6.04 Å². The summed E-state index contributed by atoms with van der Waals surface area (Å²) in [6.45, 7) is 0. The van der Waals surface area contributed by atoms with Gasteiger partial charge in [-0.1, -0.05) is 0 Å². The van der Waals surface area contributed by atoms with E-state index < -0.39 is 29.9 Å². The second kappa shape index (κ2) is 7.07. The third-order valence-electron chi connectivity index (χ3n) is 1.70. The van der Waals surface area contributed by atoms with Crippen LogP contribution in [-0.2, 0) is 14.4 Å². The molecule has 0 saturated heterocycles. The Balaban J connectivity index is 4.06. The number of carboxylic acids is 2. The maximum atomic E-state index is 11.2. The third kappa shape index (κ3) is 6.25. The van der Waals surface area contributed by atoms with E-state index in [0.717, 1.165) is 0 Å². The first kappa shape index (κ1) is 14.7. The van der Waals surface area contributed by atoms with Gasteiger partial charge in [0.2, 0.25) is 5.91 Å². The number of amides is 1. The van der Waals surface area contributed by atoms with Crippen LogP contribution in [0.2, 0.25) is 0 Å². The van der Waals surface area contributed by atoms with Crippen LogP contribution in [0.15, 0.2) is 0 Å². The quantitative estimate of drug-likeness (QED) is 0.356. The molecular weight excluding hydrogens is 236 g/mol. The standard InChI is InChI=1S/C8H14N2O5S/c9-4(2-7(12)13)1-6(11)10-5(3-16)8(14)15/h4-5,16H,1-3,9H2,(H,10,11)(H,12,13)(H,14,15)/t4-,5+/m1/s1. The molecule has 5 N–H and O–H groups in total. The second-order valence-electron chi connectivity index (χ2n) is 3.20. The average Bonchev–Trinajstić information content (AvgIpc) is 2.11. The highest BCUT2D eigenvalue weighted by Gasteiger charge is 2.20. The lowest BCUT2D eigenvalue weighted by Crippen LogP contribution is -2.44. The van der Waals surface area contributed by atoms with E-state index in [1.54, 1.807) is 0 Å². The molecule has 0 spiro atoms. The van der Waals surface area contributed by atoms with E-state index in [0.29, 0.717) is 0 Å². The molecular formula is C8H14N2O5S. The predicted octanol–water partition coefficient (Wildman–Crippen LogP) is -1.32. The van der Waals surface area contributed by atoms with Crippen molar-refractivity contribution in [2.45, 2.75) is 24.9 Å². The molecule has 0 heterocycles. The SMILES string of the molecule is N[C@@H](CC(=O)O)CC(=O)N[C@@H](CS)C(=O)O. The van der Waals surface area contributed by atoms with Gasteiger partial charge in [0, 0.05) is 18.2 Å². The number of carboxylic acid groups (broad SMARTS) is 2. The fourth-order valence-corrected chi connectivity index (χ4v) is 1.22. The van der Waals surface area contributed by atoms with Crippen LogP contribution >= 0.6 is 12.6 Å². The number of carbonyl (C=O) groups is 3. The van der Waals surface area contributed by atoms with Crippen LogP contribution in [0.3, 0.4) is 0 Å². The fourth-order valence-electron chi connectivity index (χ4n) is 0.973. The first-order chi connectivity index (χ1) is 7.36. The van der Waals surface area contributed by atoms with Gasteiger partial charge in [-0.25, -0.2) is 4.79 Å². The zero-order valence-corrected chi connectivity index (χ0v) is 9.31. The van der Waals surface area contributed by atoms with Gasteiger partial charge in [-0.2, -0.15) is 12.6 Å². The van der Waals surface area contributed by atoms with E-state index in [1.807, 2.05) is 0 Å². The van der Waals surface area contributed by atoms with Crippen LogP contribution in [0.25, 0.3) is 0 Å².